The summed E-state index contributed by atoms with van der Waals surface area (Å²) in [5.41, 5.74) is 0.361. The molecule has 0 saturated carbocycles. The molecule has 2 unspecified atom stereocenters. The molecule has 1 aromatic carbocycles. The van der Waals surface area contributed by atoms with Gasteiger partial charge >= 0.3 is 5.97 Å². The van der Waals surface area contributed by atoms with Gasteiger partial charge in [0, 0.05) is 11.6 Å². The van der Waals surface area contributed by atoms with E-state index < -0.39 is 18.0 Å². The second-order valence-corrected chi connectivity index (χ2v) is 4.25. The lowest BCUT2D eigenvalue weighted by Gasteiger charge is -2.21. The van der Waals surface area contributed by atoms with Gasteiger partial charge in [0.2, 0.25) is 0 Å². The van der Waals surface area contributed by atoms with E-state index in [0.717, 1.165) is 0 Å². The maximum atomic E-state index is 11.2. The van der Waals surface area contributed by atoms with Crippen LogP contribution in [0.4, 0.5) is 0 Å². The van der Waals surface area contributed by atoms with E-state index in [1.54, 1.807) is 13.0 Å². The Balaban J connectivity index is 3.31. The topological polar surface area (TPSA) is 85.2 Å². The molecular formula is C14H20O6. The minimum absolute atomic E-state index is 0.300. The van der Waals surface area contributed by atoms with Crippen LogP contribution in [-0.4, -0.2) is 37.5 Å². The lowest BCUT2D eigenvalue weighted by Crippen LogP contribution is -2.21. The summed E-state index contributed by atoms with van der Waals surface area (Å²) in [7, 11) is 4.40. The average molecular weight is 284 g/mol. The van der Waals surface area contributed by atoms with Crippen molar-refractivity contribution in [3.63, 3.8) is 0 Å². The Hall–Kier alpha value is -1.95. The van der Waals surface area contributed by atoms with Crippen molar-refractivity contribution in [2.24, 2.45) is 5.92 Å². The Bertz CT molecular complexity index is 471. The molecule has 0 radical (unpaired) electrons. The van der Waals surface area contributed by atoms with Crippen LogP contribution in [0, 0.1) is 5.92 Å². The molecule has 0 aliphatic rings. The van der Waals surface area contributed by atoms with Crippen LogP contribution in [0.2, 0.25) is 0 Å². The first-order valence-corrected chi connectivity index (χ1v) is 6.20. The highest BCUT2D eigenvalue weighted by Crippen LogP contribution is 2.40. The van der Waals surface area contributed by atoms with Crippen LogP contribution in [-0.2, 0) is 4.79 Å². The molecule has 6 heteroatoms. The zero-order valence-corrected chi connectivity index (χ0v) is 12.0. The Morgan fingerprint density at radius 3 is 2.00 bits per heavy atom. The van der Waals surface area contributed by atoms with Crippen LogP contribution < -0.4 is 14.2 Å². The van der Waals surface area contributed by atoms with Crippen molar-refractivity contribution < 1.29 is 29.2 Å². The number of carboxylic acid groups (broad SMARTS) is 1. The highest BCUT2D eigenvalue weighted by atomic mass is 16.5. The SMILES string of the molecule is CCC(C(=O)O)C(O)c1cc(OC)c(OC)cc1OC. The average Bonchev–Trinajstić information content (AvgIpc) is 2.45. The van der Waals surface area contributed by atoms with E-state index in [2.05, 4.69) is 0 Å². The molecule has 0 fully saturated rings. The van der Waals surface area contributed by atoms with Crippen LogP contribution >= 0.6 is 0 Å². The lowest BCUT2D eigenvalue weighted by atomic mass is 9.92. The Morgan fingerprint density at radius 1 is 1.10 bits per heavy atom. The van der Waals surface area contributed by atoms with Crippen LogP contribution in [0.5, 0.6) is 17.2 Å². The number of aliphatic hydroxyl groups excluding tert-OH is 1. The van der Waals surface area contributed by atoms with Crippen LogP contribution in [0.25, 0.3) is 0 Å². The summed E-state index contributed by atoms with van der Waals surface area (Å²) >= 11 is 0. The third-order valence-corrected chi connectivity index (χ3v) is 3.19. The molecule has 1 rings (SSSR count). The summed E-state index contributed by atoms with van der Waals surface area (Å²) in [6.45, 7) is 1.70. The van der Waals surface area contributed by atoms with Gasteiger partial charge < -0.3 is 24.4 Å². The third-order valence-electron chi connectivity index (χ3n) is 3.19. The van der Waals surface area contributed by atoms with Crippen molar-refractivity contribution >= 4 is 5.97 Å². The van der Waals surface area contributed by atoms with Crippen molar-refractivity contribution in [2.45, 2.75) is 19.4 Å². The number of hydrogen-bond acceptors (Lipinski definition) is 5. The quantitative estimate of drug-likeness (QED) is 0.795. The second kappa shape index (κ2) is 7.00. The predicted molar refractivity (Wildman–Crippen MR) is 72.5 cm³/mol. The molecule has 0 saturated heterocycles. The van der Waals surface area contributed by atoms with E-state index in [9.17, 15) is 9.90 Å². The summed E-state index contributed by atoms with van der Waals surface area (Å²) < 4.78 is 15.5. The fourth-order valence-electron chi connectivity index (χ4n) is 2.03. The monoisotopic (exact) mass is 284 g/mol. The highest BCUT2D eigenvalue weighted by molar-refractivity contribution is 5.71. The number of aliphatic hydroxyl groups is 1. The number of ether oxygens (including phenoxy) is 3. The molecule has 0 spiro atoms. The minimum Gasteiger partial charge on any atom is -0.496 e. The second-order valence-electron chi connectivity index (χ2n) is 4.25. The number of aliphatic carboxylic acids is 1. The molecule has 0 aliphatic carbocycles. The van der Waals surface area contributed by atoms with Gasteiger partial charge in [-0.1, -0.05) is 6.92 Å². The largest absolute Gasteiger partial charge is 0.496 e. The maximum Gasteiger partial charge on any atom is 0.309 e. The van der Waals surface area contributed by atoms with Gasteiger partial charge in [-0.15, -0.1) is 0 Å². The van der Waals surface area contributed by atoms with Gasteiger partial charge in [-0.2, -0.15) is 0 Å². The fraction of sp³-hybridized carbons (Fsp3) is 0.500. The number of carboxylic acids is 1. The summed E-state index contributed by atoms with van der Waals surface area (Å²) in [6, 6.07) is 3.10. The molecular weight excluding hydrogens is 264 g/mol. The standard InChI is InChI=1S/C14H20O6/c1-5-8(14(16)17)13(15)9-6-11(19-3)12(20-4)7-10(9)18-2/h6-8,13,15H,5H2,1-4H3,(H,16,17). The van der Waals surface area contributed by atoms with Crippen molar-refractivity contribution in [3.05, 3.63) is 17.7 Å². The smallest absolute Gasteiger partial charge is 0.309 e. The number of rotatable bonds is 7. The molecule has 1 aromatic rings. The Labute approximate surface area is 117 Å². The number of methoxy groups -OCH3 is 3. The zero-order chi connectivity index (χ0) is 15.3. The van der Waals surface area contributed by atoms with Crippen molar-refractivity contribution in [2.75, 3.05) is 21.3 Å². The predicted octanol–water partition coefficient (Wildman–Crippen LogP) is 1.86. The van der Waals surface area contributed by atoms with Gasteiger partial charge in [-0.25, -0.2) is 0 Å². The van der Waals surface area contributed by atoms with E-state index in [1.807, 2.05) is 0 Å². The molecule has 2 atom stereocenters. The van der Waals surface area contributed by atoms with E-state index in [0.29, 0.717) is 29.2 Å². The molecule has 6 nitrogen and oxygen atoms in total. The Kier molecular flexibility index (Phi) is 5.64. The minimum atomic E-state index is -1.19. The van der Waals surface area contributed by atoms with Gasteiger partial charge in [0.15, 0.2) is 11.5 Å². The third kappa shape index (κ3) is 3.14. The molecule has 0 heterocycles. The van der Waals surface area contributed by atoms with Crippen LogP contribution in [0.15, 0.2) is 12.1 Å². The van der Waals surface area contributed by atoms with Gasteiger partial charge in [0.25, 0.3) is 0 Å². The first-order valence-electron chi connectivity index (χ1n) is 6.20. The molecule has 2 N–H and O–H groups in total. The molecule has 0 bridgehead atoms. The van der Waals surface area contributed by atoms with E-state index >= 15 is 0 Å². The molecule has 0 aliphatic heterocycles. The van der Waals surface area contributed by atoms with Crippen molar-refractivity contribution in [1.29, 1.82) is 0 Å². The van der Waals surface area contributed by atoms with Crippen molar-refractivity contribution in [1.82, 2.24) is 0 Å². The normalized spacial score (nSPS) is 13.4. The van der Waals surface area contributed by atoms with E-state index in [1.165, 1.54) is 27.4 Å². The van der Waals surface area contributed by atoms with Crippen LogP contribution in [0.3, 0.4) is 0 Å². The van der Waals surface area contributed by atoms with E-state index in [4.69, 9.17) is 19.3 Å². The molecule has 112 valence electrons. The highest BCUT2D eigenvalue weighted by Gasteiger charge is 2.29. The molecule has 20 heavy (non-hydrogen) atoms. The summed E-state index contributed by atoms with van der Waals surface area (Å²) in [5.74, 6) is -0.764. The number of carbonyl (C=O) groups is 1. The van der Waals surface area contributed by atoms with Gasteiger partial charge in [-0.3, -0.25) is 4.79 Å². The number of hydrogen-bond donors (Lipinski definition) is 2. The van der Waals surface area contributed by atoms with E-state index in [-0.39, 0.29) is 0 Å². The first kappa shape index (κ1) is 16.1. The van der Waals surface area contributed by atoms with Crippen LogP contribution in [0.1, 0.15) is 25.0 Å². The number of benzene rings is 1. The summed E-state index contributed by atoms with van der Waals surface area (Å²) in [5, 5.41) is 19.4. The first-order chi connectivity index (χ1) is 9.49. The maximum absolute atomic E-state index is 11.2. The fourth-order valence-corrected chi connectivity index (χ4v) is 2.03. The lowest BCUT2D eigenvalue weighted by molar-refractivity contribution is -0.146. The van der Waals surface area contributed by atoms with Gasteiger partial charge in [-0.05, 0) is 12.5 Å². The van der Waals surface area contributed by atoms with Gasteiger partial charge in [0.05, 0.1) is 33.4 Å². The van der Waals surface area contributed by atoms with Gasteiger partial charge in [0.1, 0.15) is 5.75 Å². The zero-order valence-electron chi connectivity index (χ0n) is 12.0. The Morgan fingerprint density at radius 2 is 1.60 bits per heavy atom. The van der Waals surface area contributed by atoms with Crippen molar-refractivity contribution in [3.8, 4) is 17.2 Å². The summed E-state index contributed by atoms with van der Waals surface area (Å²) in [6.07, 6.45) is -0.888. The summed E-state index contributed by atoms with van der Waals surface area (Å²) in [4.78, 5) is 11.2. The molecule has 0 aromatic heterocycles. The molecule has 0 amide bonds.